The van der Waals surface area contributed by atoms with Crippen molar-refractivity contribution in [2.75, 3.05) is 5.32 Å². The lowest BCUT2D eigenvalue weighted by atomic mass is 10.2. The highest BCUT2D eigenvalue weighted by Crippen LogP contribution is 2.36. The molecule has 0 radical (unpaired) electrons. The van der Waals surface area contributed by atoms with E-state index in [0.29, 0.717) is 16.7 Å². The minimum absolute atomic E-state index is 0.131. The first-order valence-corrected chi connectivity index (χ1v) is 10.0. The highest BCUT2D eigenvalue weighted by molar-refractivity contribution is 8.00. The van der Waals surface area contributed by atoms with Crippen molar-refractivity contribution in [2.45, 2.75) is 31.0 Å². The number of rotatable bonds is 4. The van der Waals surface area contributed by atoms with Gasteiger partial charge < -0.3 is 15.3 Å². The van der Waals surface area contributed by atoms with Crippen LogP contribution in [0, 0.1) is 13.8 Å². The molecular weight excluding hydrogens is 382 g/mol. The van der Waals surface area contributed by atoms with Crippen LogP contribution >= 0.6 is 23.1 Å². The third kappa shape index (κ3) is 3.35. The van der Waals surface area contributed by atoms with Gasteiger partial charge in [0.1, 0.15) is 16.2 Å². The Morgan fingerprint density at radius 2 is 2.00 bits per heavy atom. The molecule has 0 spiro atoms. The van der Waals surface area contributed by atoms with Gasteiger partial charge in [0.05, 0.1) is 16.3 Å². The number of hydrogen-bond acceptors (Lipinski definition) is 6. The number of H-pyrrole nitrogens is 2. The number of amides is 1. The molecule has 3 N–H and O–H groups in total. The molecule has 0 aliphatic rings. The summed E-state index contributed by atoms with van der Waals surface area (Å²) in [6, 6.07) is 5.25. The van der Waals surface area contributed by atoms with Crippen LogP contribution in [0.3, 0.4) is 0 Å². The van der Waals surface area contributed by atoms with Crippen LogP contribution in [-0.4, -0.2) is 31.1 Å². The second-order valence-electron chi connectivity index (χ2n) is 6.23. The fraction of sp³-hybridized carbons (Fsp3) is 0.222. The number of benzene rings is 1. The lowest BCUT2D eigenvalue weighted by molar-refractivity contribution is -0.115. The number of thiophene rings is 1. The Hall–Kier alpha value is -2.65. The summed E-state index contributed by atoms with van der Waals surface area (Å²) in [5.41, 5.74) is 2.87. The van der Waals surface area contributed by atoms with Gasteiger partial charge in [0.15, 0.2) is 0 Å². The summed E-state index contributed by atoms with van der Waals surface area (Å²) >= 11 is 3.05. The van der Waals surface area contributed by atoms with Crippen LogP contribution in [0.5, 0.6) is 0 Å². The Morgan fingerprint density at radius 1 is 1.22 bits per heavy atom. The first-order valence-electron chi connectivity index (χ1n) is 8.32. The van der Waals surface area contributed by atoms with Gasteiger partial charge in [0, 0.05) is 16.0 Å². The molecule has 7 nitrogen and oxygen atoms in total. The van der Waals surface area contributed by atoms with Crippen molar-refractivity contribution in [1.29, 1.82) is 0 Å². The topological polar surface area (TPSA) is 104 Å². The predicted octanol–water partition coefficient (Wildman–Crippen LogP) is 3.60. The van der Waals surface area contributed by atoms with E-state index in [1.54, 1.807) is 35.9 Å². The van der Waals surface area contributed by atoms with Crippen LogP contribution in [0.2, 0.25) is 0 Å². The minimum atomic E-state index is -0.344. The number of nitrogens with zero attached hydrogens (tertiary/aromatic N) is 2. The second kappa shape index (κ2) is 6.82. The second-order valence-corrected chi connectivity index (χ2v) is 8.76. The summed E-state index contributed by atoms with van der Waals surface area (Å²) in [4.78, 5) is 40.2. The molecule has 138 valence electrons. The third-order valence-electron chi connectivity index (χ3n) is 4.37. The van der Waals surface area contributed by atoms with Gasteiger partial charge in [0.25, 0.3) is 0 Å². The zero-order chi connectivity index (χ0) is 19.1. The molecular formula is C18H17N5O2S2. The smallest absolute Gasteiger partial charge is 0.323 e. The van der Waals surface area contributed by atoms with Crippen LogP contribution in [0.4, 0.5) is 5.69 Å². The number of nitrogens with one attached hydrogen (secondary N) is 3. The largest absolute Gasteiger partial charge is 0.325 e. The van der Waals surface area contributed by atoms with Crippen LogP contribution < -0.4 is 11.0 Å². The number of anilines is 1. The quantitative estimate of drug-likeness (QED) is 0.359. The molecule has 1 aromatic carbocycles. The van der Waals surface area contributed by atoms with E-state index in [0.717, 1.165) is 20.8 Å². The van der Waals surface area contributed by atoms with Crippen LogP contribution in [-0.2, 0) is 4.79 Å². The predicted molar refractivity (Wildman–Crippen MR) is 110 cm³/mol. The number of aromatic amines is 2. The van der Waals surface area contributed by atoms with Gasteiger partial charge in [-0.15, -0.1) is 11.3 Å². The molecule has 0 saturated carbocycles. The molecule has 4 aromatic rings. The average molecular weight is 400 g/mol. The molecule has 1 atom stereocenters. The lowest BCUT2D eigenvalue weighted by Crippen LogP contribution is -2.22. The molecule has 27 heavy (non-hydrogen) atoms. The van der Waals surface area contributed by atoms with Crippen molar-refractivity contribution in [3.05, 3.63) is 45.5 Å². The maximum Gasteiger partial charge on any atom is 0.323 e. The number of carbonyl (C=O) groups excluding carboxylic acids is 1. The van der Waals surface area contributed by atoms with E-state index >= 15 is 0 Å². The number of thioether (sulfide) groups is 1. The van der Waals surface area contributed by atoms with Gasteiger partial charge in [-0.25, -0.2) is 14.8 Å². The van der Waals surface area contributed by atoms with Crippen molar-refractivity contribution < 1.29 is 4.79 Å². The first kappa shape index (κ1) is 17.7. The Bertz CT molecular complexity index is 1220. The monoisotopic (exact) mass is 399 g/mol. The highest BCUT2D eigenvalue weighted by Gasteiger charge is 2.19. The standard InChI is InChI=1S/C18H17N5O2S2/c1-8-9(2)26-16-14(8)17(20-7-19-16)27-10(3)15(24)21-11-4-5-12-13(6-11)23-18(25)22-12/h4-7,10H,1-3H3,(H,21,24)(H2,22,23,25)/t10-/m0/s1. The lowest BCUT2D eigenvalue weighted by Gasteiger charge is -2.12. The third-order valence-corrected chi connectivity index (χ3v) is 6.59. The van der Waals surface area contributed by atoms with Crippen molar-refractivity contribution in [3.8, 4) is 0 Å². The number of imidazole rings is 1. The van der Waals surface area contributed by atoms with E-state index in [9.17, 15) is 9.59 Å². The van der Waals surface area contributed by atoms with E-state index in [4.69, 9.17) is 0 Å². The molecule has 9 heteroatoms. The van der Waals surface area contributed by atoms with Crippen molar-refractivity contribution in [2.24, 2.45) is 0 Å². The Kier molecular flexibility index (Phi) is 4.48. The number of hydrogen-bond donors (Lipinski definition) is 3. The number of aryl methyl sites for hydroxylation is 2. The minimum Gasteiger partial charge on any atom is -0.325 e. The van der Waals surface area contributed by atoms with Crippen molar-refractivity contribution in [3.63, 3.8) is 0 Å². The van der Waals surface area contributed by atoms with Gasteiger partial charge in [-0.05, 0) is 44.5 Å². The van der Waals surface area contributed by atoms with Crippen molar-refractivity contribution >= 4 is 55.9 Å². The maximum atomic E-state index is 12.6. The van der Waals surface area contributed by atoms with E-state index in [2.05, 4.69) is 39.1 Å². The summed E-state index contributed by atoms with van der Waals surface area (Å²) < 4.78 is 0. The molecule has 0 fully saturated rings. The van der Waals surface area contributed by atoms with Gasteiger partial charge >= 0.3 is 5.69 Å². The fourth-order valence-corrected chi connectivity index (χ4v) is 4.85. The summed E-state index contributed by atoms with van der Waals surface area (Å²) in [6.07, 6.45) is 1.54. The summed E-state index contributed by atoms with van der Waals surface area (Å²) in [5.74, 6) is -0.131. The van der Waals surface area contributed by atoms with E-state index in [1.165, 1.54) is 16.6 Å². The van der Waals surface area contributed by atoms with Gasteiger partial charge in [0.2, 0.25) is 5.91 Å². The van der Waals surface area contributed by atoms with E-state index in [1.807, 2.05) is 6.92 Å². The summed E-state index contributed by atoms with van der Waals surface area (Å²) in [6.45, 7) is 5.96. The van der Waals surface area contributed by atoms with Gasteiger partial charge in [-0.2, -0.15) is 0 Å². The SMILES string of the molecule is Cc1sc2ncnc(S[C@@H](C)C(=O)Nc3ccc4[nH]c(=O)[nH]c4c3)c2c1C. The zero-order valence-electron chi connectivity index (χ0n) is 14.9. The number of fused-ring (bicyclic) bond motifs is 2. The Morgan fingerprint density at radius 3 is 2.81 bits per heavy atom. The average Bonchev–Trinajstić information content (AvgIpc) is 3.14. The maximum absolute atomic E-state index is 12.6. The zero-order valence-corrected chi connectivity index (χ0v) is 16.5. The van der Waals surface area contributed by atoms with Crippen LogP contribution in [0.25, 0.3) is 21.3 Å². The van der Waals surface area contributed by atoms with E-state index in [-0.39, 0.29) is 16.8 Å². The summed E-state index contributed by atoms with van der Waals surface area (Å²) in [5, 5.41) is 4.39. The summed E-state index contributed by atoms with van der Waals surface area (Å²) in [7, 11) is 0. The fourth-order valence-electron chi connectivity index (χ4n) is 2.81. The molecule has 1 amide bonds. The molecule has 0 aliphatic carbocycles. The molecule has 4 rings (SSSR count). The first-order chi connectivity index (χ1) is 12.9. The molecule has 3 heterocycles. The van der Waals surface area contributed by atoms with Crippen molar-refractivity contribution in [1.82, 2.24) is 19.9 Å². The Balaban J connectivity index is 1.54. The molecule has 0 aliphatic heterocycles. The molecule has 0 saturated heterocycles. The van der Waals surface area contributed by atoms with Gasteiger partial charge in [-0.3, -0.25) is 4.79 Å². The van der Waals surface area contributed by atoms with Crippen LogP contribution in [0.15, 0.2) is 34.3 Å². The van der Waals surface area contributed by atoms with Crippen LogP contribution in [0.1, 0.15) is 17.4 Å². The molecule has 0 bridgehead atoms. The highest BCUT2D eigenvalue weighted by atomic mass is 32.2. The number of carbonyl (C=O) groups is 1. The number of aromatic nitrogens is 4. The van der Waals surface area contributed by atoms with Gasteiger partial charge in [-0.1, -0.05) is 11.8 Å². The molecule has 3 aromatic heterocycles. The molecule has 0 unspecified atom stereocenters. The Labute approximate surface area is 162 Å². The van der Waals surface area contributed by atoms with E-state index < -0.39 is 0 Å². The normalized spacial score (nSPS) is 12.6.